The molecule has 1 heterocycles. The van der Waals surface area contributed by atoms with Crippen molar-refractivity contribution in [1.82, 2.24) is 0 Å². The van der Waals surface area contributed by atoms with Crippen LogP contribution in [-0.4, -0.2) is 11.1 Å². The van der Waals surface area contributed by atoms with Crippen LogP contribution >= 0.6 is 0 Å². The molecule has 0 aliphatic heterocycles. The fraction of sp³-hybridized carbons (Fsp3) is 0.615. The van der Waals surface area contributed by atoms with Gasteiger partial charge in [-0.3, -0.25) is 4.79 Å². The van der Waals surface area contributed by atoms with Gasteiger partial charge in [-0.2, -0.15) is 0 Å². The summed E-state index contributed by atoms with van der Waals surface area (Å²) in [6, 6.07) is 1.89. The molecule has 0 aromatic carbocycles. The van der Waals surface area contributed by atoms with Gasteiger partial charge in [0.15, 0.2) is 0 Å². The number of hydrogen-bond acceptors (Lipinski definition) is 2. The molecule has 0 saturated heterocycles. The SMILES string of the molecule is O=C(O)C1(Cc2ccoc2)CC2CCC1C2. The minimum absolute atomic E-state index is 0.380. The summed E-state index contributed by atoms with van der Waals surface area (Å²) in [5.74, 6) is 0.416. The summed E-state index contributed by atoms with van der Waals surface area (Å²) in [5, 5.41) is 9.55. The van der Waals surface area contributed by atoms with Crippen molar-refractivity contribution in [3.63, 3.8) is 0 Å². The van der Waals surface area contributed by atoms with Gasteiger partial charge < -0.3 is 9.52 Å². The first-order chi connectivity index (χ1) is 7.71. The van der Waals surface area contributed by atoms with Crippen LogP contribution in [0.3, 0.4) is 0 Å². The van der Waals surface area contributed by atoms with Gasteiger partial charge >= 0.3 is 5.97 Å². The van der Waals surface area contributed by atoms with Crippen molar-refractivity contribution in [2.75, 3.05) is 0 Å². The number of hydrogen-bond donors (Lipinski definition) is 1. The normalized spacial score (nSPS) is 36.8. The second kappa shape index (κ2) is 3.37. The quantitative estimate of drug-likeness (QED) is 0.852. The summed E-state index contributed by atoms with van der Waals surface area (Å²) >= 11 is 0. The van der Waals surface area contributed by atoms with Gasteiger partial charge in [0.2, 0.25) is 0 Å². The van der Waals surface area contributed by atoms with E-state index < -0.39 is 11.4 Å². The maximum absolute atomic E-state index is 11.6. The lowest BCUT2D eigenvalue weighted by molar-refractivity contribution is -0.152. The fourth-order valence-corrected chi connectivity index (χ4v) is 3.76. The number of aliphatic carboxylic acids is 1. The molecular weight excluding hydrogens is 204 g/mol. The van der Waals surface area contributed by atoms with Gasteiger partial charge in [0.25, 0.3) is 0 Å². The van der Waals surface area contributed by atoms with Gasteiger partial charge in [-0.05, 0) is 49.1 Å². The maximum Gasteiger partial charge on any atom is 0.310 e. The Morgan fingerprint density at radius 2 is 2.44 bits per heavy atom. The maximum atomic E-state index is 11.6. The molecule has 86 valence electrons. The smallest absolute Gasteiger partial charge is 0.310 e. The molecule has 2 aliphatic rings. The minimum atomic E-state index is -0.610. The molecule has 2 fully saturated rings. The molecule has 0 radical (unpaired) electrons. The minimum Gasteiger partial charge on any atom is -0.481 e. The predicted octanol–water partition coefficient (Wildman–Crippen LogP) is 2.71. The first-order valence-corrected chi connectivity index (χ1v) is 5.95. The lowest BCUT2D eigenvalue weighted by Crippen LogP contribution is -2.38. The zero-order valence-electron chi connectivity index (χ0n) is 9.19. The Morgan fingerprint density at radius 3 is 2.94 bits per heavy atom. The molecule has 0 amide bonds. The number of fused-ring (bicyclic) bond motifs is 2. The molecule has 0 spiro atoms. The second-order valence-electron chi connectivity index (χ2n) is 5.35. The van der Waals surface area contributed by atoms with E-state index >= 15 is 0 Å². The molecule has 1 aromatic heterocycles. The van der Waals surface area contributed by atoms with Crippen LogP contribution in [0.2, 0.25) is 0 Å². The second-order valence-corrected chi connectivity index (χ2v) is 5.35. The first kappa shape index (κ1) is 9.94. The van der Waals surface area contributed by atoms with E-state index in [1.807, 2.05) is 6.07 Å². The van der Waals surface area contributed by atoms with Crippen molar-refractivity contribution in [3.05, 3.63) is 24.2 Å². The van der Waals surface area contributed by atoms with Crippen LogP contribution in [0.1, 0.15) is 31.2 Å². The Bertz CT molecular complexity index is 395. The Labute approximate surface area is 94.5 Å². The van der Waals surface area contributed by atoms with Crippen molar-refractivity contribution < 1.29 is 14.3 Å². The van der Waals surface area contributed by atoms with E-state index in [9.17, 15) is 9.90 Å². The van der Waals surface area contributed by atoms with Crippen molar-refractivity contribution >= 4 is 5.97 Å². The highest BCUT2D eigenvalue weighted by molar-refractivity contribution is 5.76. The highest BCUT2D eigenvalue weighted by Gasteiger charge is 2.55. The average Bonchev–Trinajstić information content (AvgIpc) is 2.92. The first-order valence-electron chi connectivity index (χ1n) is 5.95. The molecule has 2 saturated carbocycles. The summed E-state index contributed by atoms with van der Waals surface area (Å²) in [4.78, 5) is 11.6. The molecule has 1 N–H and O–H groups in total. The van der Waals surface area contributed by atoms with E-state index in [4.69, 9.17) is 4.42 Å². The number of furan rings is 1. The van der Waals surface area contributed by atoms with E-state index in [2.05, 4.69) is 0 Å². The molecule has 3 rings (SSSR count). The molecule has 3 heteroatoms. The summed E-state index contributed by atoms with van der Waals surface area (Å²) in [7, 11) is 0. The number of rotatable bonds is 3. The van der Waals surface area contributed by atoms with Crippen LogP contribution in [-0.2, 0) is 11.2 Å². The molecule has 2 bridgehead atoms. The summed E-state index contributed by atoms with van der Waals surface area (Å²) < 4.78 is 5.04. The summed E-state index contributed by atoms with van der Waals surface area (Å²) in [6.45, 7) is 0. The van der Waals surface area contributed by atoms with Crippen molar-refractivity contribution in [2.45, 2.75) is 32.1 Å². The Hall–Kier alpha value is -1.25. The van der Waals surface area contributed by atoms with Crippen LogP contribution in [0.4, 0.5) is 0 Å². The molecule has 16 heavy (non-hydrogen) atoms. The Balaban J connectivity index is 1.89. The molecule has 2 aliphatic carbocycles. The fourth-order valence-electron chi connectivity index (χ4n) is 3.76. The van der Waals surface area contributed by atoms with Gasteiger partial charge in [-0.15, -0.1) is 0 Å². The van der Waals surface area contributed by atoms with Crippen LogP contribution in [0, 0.1) is 17.3 Å². The van der Waals surface area contributed by atoms with E-state index in [0.717, 1.165) is 24.8 Å². The third kappa shape index (κ3) is 1.30. The molecule has 3 unspecified atom stereocenters. The van der Waals surface area contributed by atoms with Gasteiger partial charge in [-0.25, -0.2) is 0 Å². The van der Waals surface area contributed by atoms with Crippen LogP contribution in [0.15, 0.2) is 23.0 Å². The van der Waals surface area contributed by atoms with E-state index in [-0.39, 0.29) is 0 Å². The summed E-state index contributed by atoms with van der Waals surface area (Å²) in [5.41, 5.74) is 0.516. The van der Waals surface area contributed by atoms with Gasteiger partial charge in [0.05, 0.1) is 17.9 Å². The number of carboxylic acids is 1. The topological polar surface area (TPSA) is 50.4 Å². The van der Waals surface area contributed by atoms with Gasteiger partial charge in [0.1, 0.15) is 0 Å². The standard InChI is InChI=1S/C13H16O3/c14-12(15)13(7-10-3-4-16-8-10)6-9-1-2-11(13)5-9/h3-4,8-9,11H,1-2,5-7H2,(H,14,15). The Kier molecular flexibility index (Phi) is 2.09. The van der Waals surface area contributed by atoms with Crippen molar-refractivity contribution in [1.29, 1.82) is 0 Å². The van der Waals surface area contributed by atoms with E-state index in [1.54, 1.807) is 12.5 Å². The van der Waals surface area contributed by atoms with Crippen LogP contribution in [0.5, 0.6) is 0 Å². The molecule has 3 atom stereocenters. The van der Waals surface area contributed by atoms with Crippen LogP contribution < -0.4 is 0 Å². The number of carboxylic acid groups (broad SMARTS) is 1. The predicted molar refractivity (Wildman–Crippen MR) is 57.9 cm³/mol. The zero-order valence-corrected chi connectivity index (χ0v) is 9.19. The largest absolute Gasteiger partial charge is 0.481 e. The van der Waals surface area contributed by atoms with Crippen molar-refractivity contribution in [2.24, 2.45) is 17.3 Å². The monoisotopic (exact) mass is 220 g/mol. The lowest BCUT2D eigenvalue weighted by atomic mass is 9.69. The zero-order chi connectivity index (χ0) is 11.2. The number of carbonyl (C=O) groups is 1. The van der Waals surface area contributed by atoms with Gasteiger partial charge in [0, 0.05) is 0 Å². The van der Waals surface area contributed by atoms with Crippen LogP contribution in [0.25, 0.3) is 0 Å². The van der Waals surface area contributed by atoms with Gasteiger partial charge in [-0.1, -0.05) is 6.42 Å². The van der Waals surface area contributed by atoms with E-state index in [1.165, 1.54) is 6.42 Å². The molecular formula is C13H16O3. The molecule has 1 aromatic rings. The van der Waals surface area contributed by atoms with Crippen molar-refractivity contribution in [3.8, 4) is 0 Å². The van der Waals surface area contributed by atoms with E-state index in [0.29, 0.717) is 18.3 Å². The third-order valence-electron chi connectivity index (χ3n) is 4.50. The average molecular weight is 220 g/mol. The highest BCUT2D eigenvalue weighted by atomic mass is 16.4. The third-order valence-corrected chi connectivity index (χ3v) is 4.50. The molecule has 3 nitrogen and oxygen atoms in total. The Morgan fingerprint density at radius 1 is 1.56 bits per heavy atom. The lowest BCUT2D eigenvalue weighted by Gasteiger charge is -2.33. The highest BCUT2D eigenvalue weighted by Crippen LogP contribution is 2.57. The summed E-state index contributed by atoms with van der Waals surface area (Å²) in [6.07, 6.45) is 8.23.